The van der Waals surface area contributed by atoms with Gasteiger partial charge in [-0.05, 0) is 99.8 Å². The van der Waals surface area contributed by atoms with Gasteiger partial charge in [0.15, 0.2) is 11.6 Å². The molecule has 1 aliphatic carbocycles. The quantitative estimate of drug-likeness (QED) is 0.473. The molecule has 7 heteroatoms. The minimum absolute atomic E-state index is 0.370. The van der Waals surface area contributed by atoms with Crippen molar-refractivity contribution in [3.8, 4) is 11.5 Å². The SMILES string of the molecule is C=C1N(c2ccc(Oc3ccccc3)cc2)c2c(N)ncnc2N1C1CCC(C2CCNCC2)CC1. The number of nitrogens with zero attached hydrogens (tertiary/aromatic N) is 4. The summed E-state index contributed by atoms with van der Waals surface area (Å²) in [6, 6.07) is 18.2. The van der Waals surface area contributed by atoms with E-state index in [1.807, 2.05) is 54.6 Å². The highest BCUT2D eigenvalue weighted by molar-refractivity contribution is 5.92. The fraction of sp³-hybridized carbons (Fsp3) is 0.379. The predicted molar refractivity (Wildman–Crippen MR) is 145 cm³/mol. The van der Waals surface area contributed by atoms with E-state index in [1.54, 1.807) is 6.33 Å². The number of piperidine rings is 1. The molecule has 3 aliphatic rings. The summed E-state index contributed by atoms with van der Waals surface area (Å²) in [5.74, 6) is 5.51. The molecule has 1 saturated carbocycles. The van der Waals surface area contributed by atoms with E-state index in [2.05, 4.69) is 31.7 Å². The molecule has 186 valence electrons. The van der Waals surface area contributed by atoms with E-state index in [0.29, 0.717) is 11.9 Å². The zero-order chi connectivity index (χ0) is 24.5. The summed E-state index contributed by atoms with van der Waals surface area (Å²) in [7, 11) is 0. The molecule has 2 aliphatic heterocycles. The van der Waals surface area contributed by atoms with Crippen molar-refractivity contribution in [2.75, 3.05) is 28.6 Å². The van der Waals surface area contributed by atoms with E-state index in [0.717, 1.165) is 59.2 Å². The average molecular weight is 483 g/mol. The van der Waals surface area contributed by atoms with Gasteiger partial charge in [-0.3, -0.25) is 4.90 Å². The van der Waals surface area contributed by atoms with Crippen LogP contribution in [0.2, 0.25) is 0 Å². The molecule has 1 aromatic heterocycles. The Bertz CT molecular complexity index is 1200. The lowest BCUT2D eigenvalue weighted by Crippen LogP contribution is -2.40. The topological polar surface area (TPSA) is 79.5 Å². The van der Waals surface area contributed by atoms with Crippen molar-refractivity contribution >= 4 is 23.0 Å². The first-order chi connectivity index (χ1) is 17.7. The fourth-order valence-corrected chi connectivity index (χ4v) is 6.23. The Morgan fingerprint density at radius 1 is 0.833 bits per heavy atom. The number of nitrogens with one attached hydrogen (secondary N) is 1. The molecule has 1 saturated heterocycles. The van der Waals surface area contributed by atoms with Gasteiger partial charge in [0.2, 0.25) is 0 Å². The molecular formula is C29H34N6O. The molecule has 3 heterocycles. The van der Waals surface area contributed by atoms with Crippen LogP contribution >= 0.6 is 0 Å². The molecule has 0 spiro atoms. The van der Waals surface area contributed by atoms with Crippen LogP contribution in [-0.4, -0.2) is 29.1 Å². The number of nitrogen functional groups attached to an aromatic ring is 1. The van der Waals surface area contributed by atoms with Gasteiger partial charge in [0.1, 0.15) is 29.3 Å². The Hall–Kier alpha value is -3.58. The van der Waals surface area contributed by atoms with Crippen molar-refractivity contribution in [2.24, 2.45) is 11.8 Å². The first-order valence-electron chi connectivity index (χ1n) is 13.1. The highest BCUT2D eigenvalue weighted by Gasteiger charge is 2.40. The molecule has 3 N–H and O–H groups in total. The summed E-state index contributed by atoms with van der Waals surface area (Å²) >= 11 is 0. The first-order valence-corrected chi connectivity index (χ1v) is 13.1. The average Bonchev–Trinajstić information content (AvgIpc) is 3.23. The second-order valence-corrected chi connectivity index (χ2v) is 10.1. The monoisotopic (exact) mass is 482 g/mol. The lowest BCUT2D eigenvalue weighted by Gasteiger charge is -2.39. The molecule has 2 aromatic carbocycles. The van der Waals surface area contributed by atoms with E-state index in [4.69, 9.17) is 10.5 Å². The van der Waals surface area contributed by atoms with Crippen LogP contribution in [0.3, 0.4) is 0 Å². The summed E-state index contributed by atoms with van der Waals surface area (Å²) in [6.07, 6.45) is 9.02. The van der Waals surface area contributed by atoms with Crippen LogP contribution < -0.4 is 25.6 Å². The summed E-state index contributed by atoms with van der Waals surface area (Å²) in [6.45, 7) is 6.85. The number of hydrogen-bond donors (Lipinski definition) is 2. The number of benzene rings is 2. The van der Waals surface area contributed by atoms with Gasteiger partial charge < -0.3 is 20.7 Å². The highest BCUT2D eigenvalue weighted by Crippen LogP contribution is 2.50. The van der Waals surface area contributed by atoms with Gasteiger partial charge >= 0.3 is 0 Å². The van der Waals surface area contributed by atoms with Gasteiger partial charge in [-0.2, -0.15) is 0 Å². The Morgan fingerprint density at radius 2 is 1.50 bits per heavy atom. The number of aromatic nitrogens is 2. The second kappa shape index (κ2) is 9.82. The van der Waals surface area contributed by atoms with Gasteiger partial charge in [0.05, 0.1) is 0 Å². The van der Waals surface area contributed by atoms with Crippen molar-refractivity contribution < 1.29 is 4.74 Å². The number of nitrogens with two attached hydrogens (primary N) is 1. The van der Waals surface area contributed by atoms with Crippen LogP contribution in [-0.2, 0) is 0 Å². The molecule has 0 bridgehead atoms. The van der Waals surface area contributed by atoms with E-state index >= 15 is 0 Å². The maximum atomic E-state index is 6.41. The predicted octanol–water partition coefficient (Wildman–Crippen LogP) is 5.84. The van der Waals surface area contributed by atoms with Gasteiger partial charge in [0, 0.05) is 11.7 Å². The van der Waals surface area contributed by atoms with Crippen LogP contribution in [0.15, 0.2) is 73.3 Å². The maximum Gasteiger partial charge on any atom is 0.164 e. The number of anilines is 4. The molecule has 0 radical (unpaired) electrons. The molecule has 36 heavy (non-hydrogen) atoms. The second-order valence-electron chi connectivity index (χ2n) is 10.1. The van der Waals surface area contributed by atoms with E-state index in [-0.39, 0.29) is 0 Å². The van der Waals surface area contributed by atoms with Crippen molar-refractivity contribution in [3.63, 3.8) is 0 Å². The van der Waals surface area contributed by atoms with Crippen molar-refractivity contribution in [1.82, 2.24) is 15.3 Å². The Labute approximate surface area is 213 Å². The van der Waals surface area contributed by atoms with Crippen molar-refractivity contribution in [3.05, 3.63) is 73.3 Å². The smallest absolute Gasteiger partial charge is 0.164 e. The molecule has 2 fully saturated rings. The lowest BCUT2D eigenvalue weighted by molar-refractivity contribution is 0.192. The van der Waals surface area contributed by atoms with Crippen LogP contribution in [0, 0.1) is 11.8 Å². The van der Waals surface area contributed by atoms with Crippen LogP contribution in [0.1, 0.15) is 38.5 Å². The third kappa shape index (κ3) is 4.28. The van der Waals surface area contributed by atoms with E-state index < -0.39 is 0 Å². The summed E-state index contributed by atoms with van der Waals surface area (Å²) < 4.78 is 5.99. The van der Waals surface area contributed by atoms with Crippen molar-refractivity contribution in [1.29, 1.82) is 0 Å². The standard InChI is InChI=1S/C29H34N6O/c1-20-34(23-11-13-26(14-12-23)36-25-5-3-2-4-6-25)27-28(30)32-19-33-29(27)35(20)24-9-7-21(8-10-24)22-15-17-31-18-16-22/h2-6,11-14,19,21-22,24,31H,1,7-10,15-18H2,(H2,30,32,33). The lowest BCUT2D eigenvalue weighted by atomic mass is 9.74. The zero-order valence-corrected chi connectivity index (χ0v) is 20.6. The Balaban J connectivity index is 1.22. The minimum atomic E-state index is 0.370. The highest BCUT2D eigenvalue weighted by atomic mass is 16.5. The van der Waals surface area contributed by atoms with Gasteiger partial charge in [0.25, 0.3) is 0 Å². The molecule has 6 rings (SSSR count). The number of ether oxygens (including phenoxy) is 1. The molecule has 3 aromatic rings. The third-order valence-electron chi connectivity index (χ3n) is 8.05. The van der Waals surface area contributed by atoms with Gasteiger partial charge in [-0.1, -0.05) is 24.8 Å². The minimum Gasteiger partial charge on any atom is -0.457 e. The summed E-state index contributed by atoms with van der Waals surface area (Å²) in [5, 5.41) is 3.51. The van der Waals surface area contributed by atoms with Crippen LogP contribution in [0.4, 0.5) is 23.0 Å². The largest absolute Gasteiger partial charge is 0.457 e. The normalized spacial score (nSPS) is 22.5. The molecular weight excluding hydrogens is 448 g/mol. The van der Waals surface area contributed by atoms with E-state index in [9.17, 15) is 0 Å². The van der Waals surface area contributed by atoms with Crippen molar-refractivity contribution in [2.45, 2.75) is 44.6 Å². The number of rotatable bonds is 5. The summed E-state index contributed by atoms with van der Waals surface area (Å²) in [5.41, 5.74) is 8.20. The Morgan fingerprint density at radius 3 is 2.22 bits per heavy atom. The molecule has 7 nitrogen and oxygen atoms in total. The zero-order valence-electron chi connectivity index (χ0n) is 20.6. The van der Waals surface area contributed by atoms with E-state index in [1.165, 1.54) is 38.8 Å². The Kier molecular flexibility index (Phi) is 6.23. The number of hydrogen-bond acceptors (Lipinski definition) is 7. The maximum absolute atomic E-state index is 6.41. The molecule has 0 amide bonds. The van der Waals surface area contributed by atoms with Crippen LogP contribution in [0.5, 0.6) is 11.5 Å². The number of para-hydroxylation sites is 1. The number of fused-ring (bicyclic) bond motifs is 1. The first kappa shape index (κ1) is 22.9. The summed E-state index contributed by atoms with van der Waals surface area (Å²) in [4.78, 5) is 13.4. The van der Waals surface area contributed by atoms with Crippen LogP contribution in [0.25, 0.3) is 0 Å². The molecule has 0 atom stereocenters. The molecule has 0 unspecified atom stereocenters. The van der Waals surface area contributed by atoms with Gasteiger partial charge in [-0.15, -0.1) is 0 Å². The fourth-order valence-electron chi connectivity index (χ4n) is 6.23. The third-order valence-corrected chi connectivity index (χ3v) is 8.05. The van der Waals surface area contributed by atoms with Gasteiger partial charge in [-0.25, -0.2) is 9.97 Å².